The van der Waals surface area contributed by atoms with Crippen molar-refractivity contribution in [1.82, 2.24) is 15.1 Å². The Morgan fingerprint density at radius 3 is 2.94 bits per heavy atom. The molecule has 0 aliphatic heterocycles. The smallest absolute Gasteiger partial charge is 0.0762 e. The van der Waals surface area contributed by atoms with Gasteiger partial charge in [0.1, 0.15) is 0 Å². The highest BCUT2D eigenvalue weighted by atomic mass is 16.5. The number of hydrogen-bond acceptors (Lipinski definition) is 3. The molecule has 1 heterocycles. The van der Waals surface area contributed by atoms with E-state index in [9.17, 15) is 0 Å². The minimum atomic E-state index is 0.686. The monoisotopic (exact) mass is 239 g/mol. The van der Waals surface area contributed by atoms with E-state index in [4.69, 9.17) is 4.74 Å². The molecule has 0 aliphatic rings. The average Bonchev–Trinajstić information content (AvgIpc) is 2.72. The number of aromatic nitrogens is 2. The Labute approximate surface area is 104 Å². The molecule has 17 heavy (non-hydrogen) atoms. The first kappa shape index (κ1) is 14.2. The van der Waals surface area contributed by atoms with Gasteiger partial charge in [-0.05, 0) is 31.4 Å². The molecule has 0 saturated carbocycles. The number of nitrogens with one attached hydrogen (secondary N) is 1. The first-order valence-electron chi connectivity index (χ1n) is 6.44. The lowest BCUT2D eigenvalue weighted by Gasteiger charge is -2.05. The fourth-order valence-electron chi connectivity index (χ4n) is 1.63. The standard InChI is InChI=1S/C13H25N3O/c1-12(2)10-14-11-13-6-8-16(15-13)7-4-5-9-17-3/h6,8,12,14H,4-5,7,9-11H2,1-3H3. The van der Waals surface area contributed by atoms with Gasteiger partial charge in [0.05, 0.1) is 5.69 Å². The summed E-state index contributed by atoms with van der Waals surface area (Å²) in [6.45, 7) is 8.14. The summed E-state index contributed by atoms with van der Waals surface area (Å²) in [5.74, 6) is 0.686. The SMILES string of the molecule is COCCCCn1ccc(CNCC(C)C)n1. The highest BCUT2D eigenvalue weighted by Gasteiger charge is 1.99. The van der Waals surface area contributed by atoms with Gasteiger partial charge in [0.15, 0.2) is 0 Å². The van der Waals surface area contributed by atoms with E-state index in [1.807, 2.05) is 4.68 Å². The van der Waals surface area contributed by atoms with E-state index in [0.717, 1.165) is 44.8 Å². The normalized spacial score (nSPS) is 11.3. The minimum Gasteiger partial charge on any atom is -0.385 e. The third-order valence-corrected chi connectivity index (χ3v) is 2.54. The molecule has 0 spiro atoms. The number of nitrogens with zero attached hydrogens (tertiary/aromatic N) is 2. The Morgan fingerprint density at radius 1 is 1.41 bits per heavy atom. The Morgan fingerprint density at radius 2 is 2.24 bits per heavy atom. The van der Waals surface area contributed by atoms with E-state index in [1.165, 1.54) is 0 Å². The largest absolute Gasteiger partial charge is 0.385 e. The van der Waals surface area contributed by atoms with Gasteiger partial charge in [0.25, 0.3) is 0 Å². The van der Waals surface area contributed by atoms with Gasteiger partial charge in [-0.15, -0.1) is 0 Å². The van der Waals surface area contributed by atoms with Gasteiger partial charge in [0.2, 0.25) is 0 Å². The first-order valence-corrected chi connectivity index (χ1v) is 6.44. The fourth-order valence-corrected chi connectivity index (χ4v) is 1.63. The Hall–Kier alpha value is -0.870. The van der Waals surface area contributed by atoms with Crippen LogP contribution in [-0.2, 0) is 17.8 Å². The minimum absolute atomic E-state index is 0.686. The van der Waals surface area contributed by atoms with Crippen molar-refractivity contribution in [2.24, 2.45) is 5.92 Å². The molecule has 1 aromatic heterocycles. The van der Waals surface area contributed by atoms with E-state index in [1.54, 1.807) is 7.11 Å². The molecule has 4 heteroatoms. The van der Waals surface area contributed by atoms with Crippen LogP contribution < -0.4 is 5.32 Å². The zero-order chi connectivity index (χ0) is 12.5. The highest BCUT2D eigenvalue weighted by molar-refractivity contribution is 4.98. The maximum Gasteiger partial charge on any atom is 0.0762 e. The number of hydrogen-bond donors (Lipinski definition) is 1. The van der Waals surface area contributed by atoms with Crippen molar-refractivity contribution < 1.29 is 4.74 Å². The maximum absolute atomic E-state index is 5.02. The van der Waals surface area contributed by atoms with E-state index >= 15 is 0 Å². The Balaban J connectivity index is 2.18. The van der Waals surface area contributed by atoms with Crippen LogP contribution in [0.25, 0.3) is 0 Å². The van der Waals surface area contributed by atoms with Gasteiger partial charge < -0.3 is 10.1 Å². The molecule has 0 aromatic carbocycles. The summed E-state index contributed by atoms with van der Waals surface area (Å²) in [6, 6.07) is 2.09. The highest BCUT2D eigenvalue weighted by Crippen LogP contribution is 1.99. The zero-order valence-corrected chi connectivity index (χ0v) is 11.3. The molecule has 98 valence electrons. The number of rotatable bonds is 9. The molecule has 4 nitrogen and oxygen atoms in total. The molecule has 0 fully saturated rings. The van der Waals surface area contributed by atoms with Crippen molar-refractivity contribution >= 4 is 0 Å². The molecule has 1 aromatic rings. The maximum atomic E-state index is 5.02. The summed E-state index contributed by atoms with van der Waals surface area (Å²) >= 11 is 0. The fraction of sp³-hybridized carbons (Fsp3) is 0.769. The van der Waals surface area contributed by atoms with Crippen LogP contribution in [0.5, 0.6) is 0 Å². The van der Waals surface area contributed by atoms with Gasteiger partial charge in [-0.25, -0.2) is 0 Å². The molecule has 1 rings (SSSR count). The lowest BCUT2D eigenvalue weighted by molar-refractivity contribution is 0.191. The number of ether oxygens (including phenoxy) is 1. The van der Waals surface area contributed by atoms with Crippen molar-refractivity contribution in [2.75, 3.05) is 20.3 Å². The second-order valence-electron chi connectivity index (χ2n) is 4.79. The van der Waals surface area contributed by atoms with Crippen LogP contribution in [0.1, 0.15) is 32.4 Å². The molecule has 0 aliphatic carbocycles. The summed E-state index contributed by atoms with van der Waals surface area (Å²) in [6.07, 6.45) is 4.27. The van der Waals surface area contributed by atoms with Crippen molar-refractivity contribution in [3.8, 4) is 0 Å². The van der Waals surface area contributed by atoms with Gasteiger partial charge in [-0.3, -0.25) is 4.68 Å². The Bertz CT molecular complexity index is 297. The van der Waals surface area contributed by atoms with E-state index < -0.39 is 0 Å². The van der Waals surface area contributed by atoms with Gasteiger partial charge >= 0.3 is 0 Å². The van der Waals surface area contributed by atoms with Gasteiger partial charge in [-0.1, -0.05) is 13.8 Å². The summed E-state index contributed by atoms with van der Waals surface area (Å²) in [5.41, 5.74) is 1.12. The average molecular weight is 239 g/mol. The van der Waals surface area contributed by atoms with Crippen molar-refractivity contribution in [3.63, 3.8) is 0 Å². The summed E-state index contributed by atoms with van der Waals surface area (Å²) in [7, 11) is 1.74. The number of methoxy groups -OCH3 is 1. The van der Waals surface area contributed by atoms with Crippen LogP contribution in [0.3, 0.4) is 0 Å². The lowest BCUT2D eigenvalue weighted by atomic mass is 10.2. The van der Waals surface area contributed by atoms with Crippen LogP contribution in [-0.4, -0.2) is 30.0 Å². The molecule has 0 radical (unpaired) electrons. The third-order valence-electron chi connectivity index (χ3n) is 2.54. The van der Waals surface area contributed by atoms with Crippen LogP contribution in [0.15, 0.2) is 12.3 Å². The zero-order valence-electron chi connectivity index (χ0n) is 11.3. The van der Waals surface area contributed by atoms with Gasteiger partial charge in [-0.2, -0.15) is 5.10 Å². The molecule has 0 saturated heterocycles. The Kier molecular flexibility index (Phi) is 6.89. The molecule has 1 N–H and O–H groups in total. The summed E-state index contributed by atoms with van der Waals surface area (Å²) in [5, 5.41) is 7.91. The van der Waals surface area contributed by atoms with Crippen LogP contribution in [0.2, 0.25) is 0 Å². The quantitative estimate of drug-likeness (QED) is 0.670. The molecule has 0 unspecified atom stereocenters. The second-order valence-corrected chi connectivity index (χ2v) is 4.79. The number of aryl methyl sites for hydroxylation is 1. The van der Waals surface area contributed by atoms with Crippen LogP contribution >= 0.6 is 0 Å². The second kappa shape index (κ2) is 8.25. The van der Waals surface area contributed by atoms with E-state index in [-0.39, 0.29) is 0 Å². The molecule has 0 amide bonds. The van der Waals surface area contributed by atoms with Crippen molar-refractivity contribution in [3.05, 3.63) is 18.0 Å². The van der Waals surface area contributed by atoms with Crippen LogP contribution in [0.4, 0.5) is 0 Å². The van der Waals surface area contributed by atoms with Crippen LogP contribution in [0, 0.1) is 5.92 Å². The van der Waals surface area contributed by atoms with Gasteiger partial charge in [0, 0.05) is 33.0 Å². The predicted octanol–water partition coefficient (Wildman–Crippen LogP) is 2.06. The summed E-state index contributed by atoms with van der Waals surface area (Å²) < 4.78 is 7.04. The molecule has 0 atom stereocenters. The first-order chi connectivity index (χ1) is 8.22. The summed E-state index contributed by atoms with van der Waals surface area (Å²) in [4.78, 5) is 0. The number of unbranched alkanes of at least 4 members (excludes halogenated alkanes) is 1. The lowest BCUT2D eigenvalue weighted by Crippen LogP contribution is -2.19. The third kappa shape index (κ3) is 6.44. The molecular weight excluding hydrogens is 214 g/mol. The molecule has 0 bridgehead atoms. The molecular formula is C13H25N3O. The van der Waals surface area contributed by atoms with Crippen molar-refractivity contribution in [2.45, 2.75) is 39.8 Å². The van der Waals surface area contributed by atoms with Crippen molar-refractivity contribution in [1.29, 1.82) is 0 Å². The predicted molar refractivity (Wildman–Crippen MR) is 69.9 cm³/mol. The van der Waals surface area contributed by atoms with E-state index in [0.29, 0.717) is 5.92 Å². The topological polar surface area (TPSA) is 39.1 Å². The van der Waals surface area contributed by atoms with E-state index in [2.05, 4.69) is 36.5 Å².